The molecule has 3 aromatic rings. The summed E-state index contributed by atoms with van der Waals surface area (Å²) in [6, 6.07) is 9.67. The number of nitrogens with one attached hydrogen (secondary N) is 1. The van der Waals surface area contributed by atoms with E-state index in [-0.39, 0.29) is 11.9 Å². The lowest BCUT2D eigenvalue weighted by Crippen LogP contribution is -2.43. The first-order chi connectivity index (χ1) is 13.7. The molecular formula is C21H24N4O2S. The van der Waals surface area contributed by atoms with Crippen molar-refractivity contribution in [3.05, 3.63) is 46.3 Å². The van der Waals surface area contributed by atoms with Crippen molar-refractivity contribution >= 4 is 34.1 Å². The lowest BCUT2D eigenvalue weighted by molar-refractivity contribution is -0.122. The number of ether oxygens (including phenoxy) is 1. The quantitative estimate of drug-likeness (QED) is 0.688. The van der Waals surface area contributed by atoms with Gasteiger partial charge in [-0.2, -0.15) is 0 Å². The van der Waals surface area contributed by atoms with Gasteiger partial charge in [0.2, 0.25) is 11.9 Å². The van der Waals surface area contributed by atoms with E-state index in [1.165, 1.54) is 0 Å². The second-order valence-electron chi connectivity index (χ2n) is 6.87. The summed E-state index contributed by atoms with van der Waals surface area (Å²) in [4.78, 5) is 25.4. The van der Waals surface area contributed by atoms with E-state index in [1.807, 2.05) is 54.5 Å². The maximum atomic E-state index is 12.8. The summed E-state index contributed by atoms with van der Waals surface area (Å²) in [6.45, 7) is 5.93. The summed E-state index contributed by atoms with van der Waals surface area (Å²) in [5, 5.41) is 6.06. The summed E-state index contributed by atoms with van der Waals surface area (Å²) < 4.78 is 5.59. The number of fused-ring (bicyclic) bond motifs is 1. The number of benzene rings is 1. The van der Waals surface area contributed by atoms with Gasteiger partial charge in [-0.25, -0.2) is 9.97 Å². The van der Waals surface area contributed by atoms with Crippen molar-refractivity contribution < 1.29 is 9.53 Å². The first kappa shape index (κ1) is 18.7. The highest BCUT2D eigenvalue weighted by atomic mass is 32.1. The highest BCUT2D eigenvalue weighted by Gasteiger charge is 2.32. The maximum Gasteiger partial charge on any atom is 0.243 e. The van der Waals surface area contributed by atoms with E-state index < -0.39 is 0 Å². The Morgan fingerprint density at radius 2 is 2.25 bits per heavy atom. The van der Waals surface area contributed by atoms with Crippen molar-refractivity contribution in [2.45, 2.75) is 39.3 Å². The predicted octanol–water partition coefficient (Wildman–Crippen LogP) is 3.68. The van der Waals surface area contributed by atoms with Crippen LogP contribution in [0.15, 0.2) is 35.7 Å². The lowest BCUT2D eigenvalue weighted by Gasteiger charge is -2.24. The highest BCUT2D eigenvalue weighted by Crippen LogP contribution is 2.28. The smallest absolute Gasteiger partial charge is 0.243 e. The standard InChI is InChI=1S/C21H24N4O2S/c1-3-27-15-8-9-18-17(12-15)14(2)23-21(24-18)25-10-4-7-19(25)20(26)22-13-16-6-5-11-28-16/h5-6,8-9,11-12,19H,3-4,7,10,13H2,1-2H3,(H,22,26). The Morgan fingerprint density at radius 1 is 1.36 bits per heavy atom. The molecule has 0 aliphatic carbocycles. The van der Waals surface area contributed by atoms with Crippen LogP contribution in [0.2, 0.25) is 0 Å². The largest absolute Gasteiger partial charge is 0.494 e. The van der Waals surface area contributed by atoms with Gasteiger partial charge in [0.05, 0.1) is 24.4 Å². The molecule has 1 saturated heterocycles. The third kappa shape index (κ3) is 3.80. The minimum atomic E-state index is -0.223. The van der Waals surface area contributed by atoms with Crippen LogP contribution in [0.4, 0.5) is 5.95 Å². The van der Waals surface area contributed by atoms with Crippen molar-refractivity contribution in [3.8, 4) is 5.75 Å². The Balaban J connectivity index is 1.55. The summed E-state index contributed by atoms with van der Waals surface area (Å²) >= 11 is 1.65. The number of aromatic nitrogens is 2. The number of rotatable bonds is 6. The molecule has 146 valence electrons. The number of amides is 1. The molecule has 0 saturated carbocycles. The number of thiophene rings is 1. The van der Waals surface area contributed by atoms with Crippen LogP contribution in [0.25, 0.3) is 10.9 Å². The fourth-order valence-electron chi connectivity index (χ4n) is 3.61. The van der Waals surface area contributed by atoms with Crippen molar-refractivity contribution in [3.63, 3.8) is 0 Å². The molecule has 1 aliphatic heterocycles. The normalized spacial score (nSPS) is 16.5. The Hall–Kier alpha value is -2.67. The third-order valence-corrected chi connectivity index (χ3v) is 5.86. The molecule has 28 heavy (non-hydrogen) atoms. The fourth-order valence-corrected chi connectivity index (χ4v) is 4.26. The summed E-state index contributed by atoms with van der Waals surface area (Å²) in [7, 11) is 0. The minimum Gasteiger partial charge on any atom is -0.494 e. The molecule has 0 bridgehead atoms. The Kier molecular flexibility index (Phi) is 5.43. The molecule has 3 heterocycles. The van der Waals surface area contributed by atoms with E-state index in [0.717, 1.165) is 46.6 Å². The van der Waals surface area contributed by atoms with Crippen molar-refractivity contribution in [1.29, 1.82) is 0 Å². The van der Waals surface area contributed by atoms with Gasteiger partial charge in [0.25, 0.3) is 0 Å². The zero-order chi connectivity index (χ0) is 19.5. The molecule has 2 aromatic heterocycles. The fraction of sp³-hybridized carbons (Fsp3) is 0.381. The van der Waals surface area contributed by atoms with Crippen LogP contribution < -0.4 is 15.0 Å². The van der Waals surface area contributed by atoms with Gasteiger partial charge in [-0.3, -0.25) is 4.79 Å². The first-order valence-electron chi connectivity index (χ1n) is 9.63. The number of carbonyl (C=O) groups is 1. The summed E-state index contributed by atoms with van der Waals surface area (Å²) in [5.74, 6) is 1.49. The lowest BCUT2D eigenvalue weighted by atomic mass is 10.2. The van der Waals surface area contributed by atoms with Crippen LogP contribution in [-0.2, 0) is 11.3 Å². The van der Waals surface area contributed by atoms with Gasteiger partial charge < -0.3 is 15.0 Å². The molecule has 4 rings (SSSR count). The van der Waals surface area contributed by atoms with E-state index >= 15 is 0 Å². The van der Waals surface area contributed by atoms with Crippen molar-refractivity contribution in [2.24, 2.45) is 0 Å². The molecule has 1 atom stereocenters. The molecule has 0 spiro atoms. The predicted molar refractivity (Wildman–Crippen MR) is 112 cm³/mol. The van der Waals surface area contributed by atoms with E-state index in [4.69, 9.17) is 14.7 Å². The van der Waals surface area contributed by atoms with Crippen LogP contribution in [-0.4, -0.2) is 35.1 Å². The number of hydrogen-bond donors (Lipinski definition) is 1. The van der Waals surface area contributed by atoms with Gasteiger partial charge in [-0.1, -0.05) is 6.07 Å². The monoisotopic (exact) mass is 396 g/mol. The number of aryl methyl sites for hydroxylation is 1. The highest BCUT2D eigenvalue weighted by molar-refractivity contribution is 7.09. The Bertz CT molecular complexity index is 974. The van der Waals surface area contributed by atoms with Gasteiger partial charge in [-0.15, -0.1) is 11.3 Å². The van der Waals surface area contributed by atoms with E-state index in [0.29, 0.717) is 19.1 Å². The molecule has 1 aromatic carbocycles. The van der Waals surface area contributed by atoms with Crippen LogP contribution in [0, 0.1) is 6.92 Å². The molecule has 1 fully saturated rings. The minimum absolute atomic E-state index is 0.0407. The second kappa shape index (κ2) is 8.14. The molecule has 0 radical (unpaired) electrons. The zero-order valence-corrected chi connectivity index (χ0v) is 17.0. The molecule has 1 unspecified atom stereocenters. The zero-order valence-electron chi connectivity index (χ0n) is 16.1. The second-order valence-corrected chi connectivity index (χ2v) is 7.90. The molecular weight excluding hydrogens is 372 g/mol. The Labute approximate surface area is 168 Å². The topological polar surface area (TPSA) is 67.3 Å². The van der Waals surface area contributed by atoms with Gasteiger partial charge in [0.1, 0.15) is 11.8 Å². The van der Waals surface area contributed by atoms with Crippen LogP contribution in [0.5, 0.6) is 5.75 Å². The van der Waals surface area contributed by atoms with Gasteiger partial charge in [0.15, 0.2) is 0 Å². The number of carbonyl (C=O) groups excluding carboxylic acids is 1. The average molecular weight is 397 g/mol. The summed E-state index contributed by atoms with van der Waals surface area (Å²) in [6.07, 6.45) is 1.78. The van der Waals surface area contributed by atoms with Crippen molar-refractivity contribution in [1.82, 2.24) is 15.3 Å². The molecule has 6 nitrogen and oxygen atoms in total. The van der Waals surface area contributed by atoms with Gasteiger partial charge in [-0.05, 0) is 56.3 Å². The van der Waals surface area contributed by atoms with Gasteiger partial charge in [0, 0.05) is 16.8 Å². The molecule has 1 aliphatic rings. The third-order valence-electron chi connectivity index (χ3n) is 4.99. The molecule has 7 heteroatoms. The average Bonchev–Trinajstić information content (AvgIpc) is 3.38. The maximum absolute atomic E-state index is 12.8. The summed E-state index contributed by atoms with van der Waals surface area (Å²) in [5.41, 5.74) is 1.77. The number of nitrogens with zero attached hydrogens (tertiary/aromatic N) is 3. The molecule has 1 N–H and O–H groups in total. The van der Waals surface area contributed by atoms with Crippen LogP contribution in [0.1, 0.15) is 30.3 Å². The van der Waals surface area contributed by atoms with Crippen molar-refractivity contribution in [2.75, 3.05) is 18.1 Å². The van der Waals surface area contributed by atoms with Crippen LogP contribution >= 0.6 is 11.3 Å². The SMILES string of the molecule is CCOc1ccc2nc(N3CCCC3C(=O)NCc3cccs3)nc(C)c2c1. The van der Waals surface area contributed by atoms with Gasteiger partial charge >= 0.3 is 0 Å². The first-order valence-corrected chi connectivity index (χ1v) is 10.5. The Morgan fingerprint density at radius 3 is 3.04 bits per heavy atom. The number of hydrogen-bond acceptors (Lipinski definition) is 6. The number of anilines is 1. The van der Waals surface area contributed by atoms with E-state index in [9.17, 15) is 4.79 Å². The van der Waals surface area contributed by atoms with E-state index in [2.05, 4.69) is 5.32 Å². The molecule has 1 amide bonds. The van der Waals surface area contributed by atoms with E-state index in [1.54, 1.807) is 11.3 Å². The van der Waals surface area contributed by atoms with Crippen LogP contribution in [0.3, 0.4) is 0 Å².